The van der Waals surface area contributed by atoms with Gasteiger partial charge in [0.2, 0.25) is 0 Å². The van der Waals surface area contributed by atoms with E-state index in [9.17, 15) is 15.0 Å². The molecule has 20 heavy (non-hydrogen) atoms. The van der Waals surface area contributed by atoms with Gasteiger partial charge in [-0.2, -0.15) is 0 Å². The number of carbonyl (C=O) groups excluding carboxylic acids is 1. The highest BCUT2D eigenvalue weighted by Gasteiger charge is 2.04. The SMILES string of the molecule is O=C(CCc1cccc(O)c1)CCc1cccc(O)c1. The highest BCUT2D eigenvalue weighted by Crippen LogP contribution is 2.15. The smallest absolute Gasteiger partial charge is 0.133 e. The molecule has 0 aliphatic rings. The highest BCUT2D eigenvalue weighted by atomic mass is 16.3. The molecule has 3 nitrogen and oxygen atoms in total. The zero-order chi connectivity index (χ0) is 14.4. The minimum Gasteiger partial charge on any atom is -0.508 e. The van der Waals surface area contributed by atoms with Crippen LogP contribution in [-0.4, -0.2) is 16.0 Å². The van der Waals surface area contributed by atoms with E-state index in [1.165, 1.54) is 0 Å². The molecule has 0 aromatic heterocycles. The number of aromatic hydroxyl groups is 2. The van der Waals surface area contributed by atoms with Gasteiger partial charge in [0.15, 0.2) is 0 Å². The van der Waals surface area contributed by atoms with Gasteiger partial charge in [0.25, 0.3) is 0 Å². The van der Waals surface area contributed by atoms with E-state index < -0.39 is 0 Å². The Labute approximate surface area is 118 Å². The molecule has 104 valence electrons. The third-order valence-electron chi connectivity index (χ3n) is 3.21. The zero-order valence-electron chi connectivity index (χ0n) is 11.2. The number of hydrogen-bond acceptors (Lipinski definition) is 3. The fraction of sp³-hybridized carbons (Fsp3) is 0.235. The number of aryl methyl sites for hydroxylation is 2. The van der Waals surface area contributed by atoms with Crippen LogP contribution in [0.25, 0.3) is 0 Å². The Balaban J connectivity index is 1.78. The average Bonchev–Trinajstić information content (AvgIpc) is 2.43. The van der Waals surface area contributed by atoms with Crippen LogP contribution >= 0.6 is 0 Å². The van der Waals surface area contributed by atoms with E-state index >= 15 is 0 Å². The Morgan fingerprint density at radius 1 is 0.800 bits per heavy atom. The summed E-state index contributed by atoms with van der Waals surface area (Å²) < 4.78 is 0. The van der Waals surface area contributed by atoms with Gasteiger partial charge in [0, 0.05) is 12.8 Å². The molecular formula is C17H18O3. The van der Waals surface area contributed by atoms with Crippen LogP contribution < -0.4 is 0 Å². The van der Waals surface area contributed by atoms with Crippen molar-refractivity contribution in [2.24, 2.45) is 0 Å². The Hall–Kier alpha value is -2.29. The van der Waals surface area contributed by atoms with Crippen molar-refractivity contribution in [3.8, 4) is 11.5 Å². The number of rotatable bonds is 6. The van der Waals surface area contributed by atoms with Crippen LogP contribution in [0.5, 0.6) is 11.5 Å². The molecule has 2 rings (SSSR count). The molecule has 0 atom stereocenters. The van der Waals surface area contributed by atoms with Crippen molar-refractivity contribution in [1.82, 2.24) is 0 Å². The summed E-state index contributed by atoms with van der Waals surface area (Å²) >= 11 is 0. The summed E-state index contributed by atoms with van der Waals surface area (Å²) in [4.78, 5) is 11.8. The Morgan fingerprint density at radius 2 is 1.25 bits per heavy atom. The van der Waals surface area contributed by atoms with Crippen LogP contribution in [0.2, 0.25) is 0 Å². The van der Waals surface area contributed by atoms with Crippen molar-refractivity contribution in [2.45, 2.75) is 25.7 Å². The normalized spacial score (nSPS) is 10.4. The minimum atomic E-state index is 0.191. The lowest BCUT2D eigenvalue weighted by molar-refractivity contribution is -0.119. The van der Waals surface area contributed by atoms with Crippen molar-refractivity contribution in [3.05, 3.63) is 59.7 Å². The summed E-state index contributed by atoms with van der Waals surface area (Å²) in [6, 6.07) is 14.0. The summed E-state index contributed by atoms with van der Waals surface area (Å²) in [6.07, 6.45) is 2.24. The number of phenols is 2. The zero-order valence-corrected chi connectivity index (χ0v) is 11.2. The third kappa shape index (κ3) is 4.43. The van der Waals surface area contributed by atoms with Gasteiger partial charge in [-0.3, -0.25) is 4.79 Å². The van der Waals surface area contributed by atoms with E-state index in [2.05, 4.69) is 0 Å². The summed E-state index contributed by atoms with van der Waals surface area (Å²) in [5, 5.41) is 18.7. The second kappa shape index (κ2) is 6.75. The van der Waals surface area contributed by atoms with E-state index in [1.54, 1.807) is 36.4 Å². The van der Waals surface area contributed by atoms with Crippen molar-refractivity contribution >= 4 is 5.78 Å². The first-order valence-corrected chi connectivity index (χ1v) is 6.71. The van der Waals surface area contributed by atoms with Gasteiger partial charge in [-0.1, -0.05) is 24.3 Å². The van der Waals surface area contributed by atoms with E-state index in [-0.39, 0.29) is 17.3 Å². The first-order chi connectivity index (χ1) is 9.63. The lowest BCUT2D eigenvalue weighted by Crippen LogP contribution is -2.02. The fourth-order valence-corrected chi connectivity index (χ4v) is 2.12. The lowest BCUT2D eigenvalue weighted by Gasteiger charge is -2.03. The molecule has 0 amide bonds. The van der Waals surface area contributed by atoms with Crippen molar-refractivity contribution in [2.75, 3.05) is 0 Å². The van der Waals surface area contributed by atoms with E-state index in [1.807, 2.05) is 12.1 Å². The van der Waals surface area contributed by atoms with Crippen LogP contribution in [0.15, 0.2) is 48.5 Å². The topological polar surface area (TPSA) is 57.5 Å². The van der Waals surface area contributed by atoms with Crippen LogP contribution in [0.3, 0.4) is 0 Å². The molecule has 3 heteroatoms. The van der Waals surface area contributed by atoms with Crippen LogP contribution in [0, 0.1) is 0 Å². The Bertz CT molecular complexity index is 539. The molecule has 0 saturated carbocycles. The summed E-state index contributed by atoms with van der Waals surface area (Å²) in [7, 11) is 0. The maximum absolute atomic E-state index is 11.8. The van der Waals surface area contributed by atoms with E-state index in [0.29, 0.717) is 25.7 Å². The predicted molar refractivity (Wildman–Crippen MR) is 77.9 cm³/mol. The molecule has 0 bridgehead atoms. The molecule has 0 aliphatic heterocycles. The number of carbonyl (C=O) groups is 1. The summed E-state index contributed by atoms with van der Waals surface area (Å²) in [5.41, 5.74) is 1.94. The Morgan fingerprint density at radius 3 is 1.65 bits per heavy atom. The number of ketones is 1. The molecule has 0 heterocycles. The molecule has 2 aromatic rings. The maximum atomic E-state index is 11.8. The number of phenolic OH excluding ortho intramolecular Hbond substituents is 2. The molecule has 0 spiro atoms. The van der Waals surface area contributed by atoms with Gasteiger partial charge in [0.05, 0.1) is 0 Å². The largest absolute Gasteiger partial charge is 0.508 e. The second-order valence-corrected chi connectivity index (χ2v) is 4.88. The second-order valence-electron chi connectivity index (χ2n) is 4.88. The molecule has 0 unspecified atom stereocenters. The maximum Gasteiger partial charge on any atom is 0.133 e. The van der Waals surface area contributed by atoms with Crippen LogP contribution in [0.1, 0.15) is 24.0 Å². The fourth-order valence-electron chi connectivity index (χ4n) is 2.12. The van der Waals surface area contributed by atoms with E-state index in [4.69, 9.17) is 0 Å². The molecular weight excluding hydrogens is 252 g/mol. The minimum absolute atomic E-state index is 0.191. The third-order valence-corrected chi connectivity index (χ3v) is 3.21. The number of benzene rings is 2. The van der Waals surface area contributed by atoms with Crippen molar-refractivity contribution < 1.29 is 15.0 Å². The summed E-state index contributed by atoms with van der Waals surface area (Å²) in [6.45, 7) is 0. The van der Waals surface area contributed by atoms with Crippen molar-refractivity contribution in [1.29, 1.82) is 0 Å². The molecule has 0 aliphatic carbocycles. The number of hydrogen-bond donors (Lipinski definition) is 2. The van der Waals surface area contributed by atoms with Gasteiger partial charge in [-0.15, -0.1) is 0 Å². The molecule has 0 fully saturated rings. The monoisotopic (exact) mass is 270 g/mol. The summed E-state index contributed by atoms with van der Waals surface area (Å²) in [5.74, 6) is 0.654. The lowest BCUT2D eigenvalue weighted by atomic mass is 10.0. The quantitative estimate of drug-likeness (QED) is 0.847. The molecule has 2 N–H and O–H groups in total. The molecule has 2 aromatic carbocycles. The standard InChI is InChI=1S/C17H18O3/c18-15(9-7-13-3-1-5-16(19)11-13)10-8-14-4-2-6-17(20)12-14/h1-6,11-12,19-20H,7-10H2. The Kier molecular flexibility index (Phi) is 4.77. The number of Topliss-reactive ketones (excluding diaryl/α,β-unsaturated/α-hetero) is 1. The highest BCUT2D eigenvalue weighted by molar-refractivity contribution is 5.78. The van der Waals surface area contributed by atoms with Crippen LogP contribution in [-0.2, 0) is 17.6 Å². The van der Waals surface area contributed by atoms with Crippen LogP contribution in [0.4, 0.5) is 0 Å². The molecule has 0 radical (unpaired) electrons. The van der Waals surface area contributed by atoms with Gasteiger partial charge >= 0.3 is 0 Å². The van der Waals surface area contributed by atoms with Gasteiger partial charge in [-0.05, 0) is 48.2 Å². The van der Waals surface area contributed by atoms with Crippen molar-refractivity contribution in [3.63, 3.8) is 0 Å². The van der Waals surface area contributed by atoms with Gasteiger partial charge in [0.1, 0.15) is 17.3 Å². The molecule has 0 saturated heterocycles. The first-order valence-electron chi connectivity index (χ1n) is 6.71. The van der Waals surface area contributed by atoms with Gasteiger partial charge < -0.3 is 10.2 Å². The average molecular weight is 270 g/mol. The van der Waals surface area contributed by atoms with Gasteiger partial charge in [-0.25, -0.2) is 0 Å². The first kappa shape index (κ1) is 14.1. The predicted octanol–water partition coefficient (Wildman–Crippen LogP) is 3.23. The van der Waals surface area contributed by atoms with E-state index in [0.717, 1.165) is 11.1 Å².